The number of ketones is 1. The molecular weight excluding hydrogens is 390 g/mol. The van der Waals surface area contributed by atoms with Gasteiger partial charge in [-0.3, -0.25) is 14.5 Å². The summed E-state index contributed by atoms with van der Waals surface area (Å²) in [6.45, 7) is 12.3. The molecule has 166 valence electrons. The number of carbonyl (C=O) groups is 2. The minimum atomic E-state index is -0.458. The van der Waals surface area contributed by atoms with Crippen LogP contribution in [0, 0.1) is 13.8 Å². The summed E-state index contributed by atoms with van der Waals surface area (Å²) >= 11 is 0. The highest BCUT2D eigenvalue weighted by molar-refractivity contribution is 6.10. The zero-order valence-electron chi connectivity index (χ0n) is 19.2. The summed E-state index contributed by atoms with van der Waals surface area (Å²) in [6, 6.07) is 13.6. The Morgan fingerprint density at radius 2 is 1.71 bits per heavy atom. The van der Waals surface area contributed by atoms with Crippen LogP contribution in [0.15, 0.2) is 42.5 Å². The molecule has 1 heterocycles. The number of hydrogen-bond acceptors (Lipinski definition) is 5. The zero-order valence-corrected chi connectivity index (χ0v) is 19.2. The maximum Gasteiger partial charge on any atom is 0.307 e. The number of morpholine rings is 1. The molecule has 5 heteroatoms. The van der Waals surface area contributed by atoms with Gasteiger partial charge in [0.1, 0.15) is 5.60 Å². The van der Waals surface area contributed by atoms with E-state index in [1.54, 1.807) is 0 Å². The molecule has 0 spiro atoms. The van der Waals surface area contributed by atoms with E-state index in [2.05, 4.69) is 4.90 Å². The molecule has 0 amide bonds. The Balaban J connectivity index is 1.62. The minimum absolute atomic E-state index is 0.0469. The molecule has 0 saturated carbocycles. The number of rotatable bonds is 6. The molecule has 2 aromatic rings. The SMILES string of the molecule is Cc1cccc(C)c1C(=O)c1ccc(C2CN(CCC(=O)OC(C)(C)C)CCO2)cc1. The Morgan fingerprint density at radius 3 is 2.32 bits per heavy atom. The van der Waals surface area contributed by atoms with Gasteiger partial charge in [0.05, 0.1) is 19.1 Å². The molecule has 3 rings (SSSR count). The molecule has 2 aromatic carbocycles. The molecule has 0 N–H and O–H groups in total. The van der Waals surface area contributed by atoms with E-state index >= 15 is 0 Å². The smallest absolute Gasteiger partial charge is 0.307 e. The van der Waals surface area contributed by atoms with Gasteiger partial charge in [0.25, 0.3) is 0 Å². The van der Waals surface area contributed by atoms with Crippen molar-refractivity contribution in [2.75, 3.05) is 26.2 Å². The van der Waals surface area contributed by atoms with Crippen molar-refractivity contribution in [2.24, 2.45) is 0 Å². The van der Waals surface area contributed by atoms with Gasteiger partial charge in [-0.2, -0.15) is 0 Å². The van der Waals surface area contributed by atoms with E-state index in [4.69, 9.17) is 9.47 Å². The highest BCUT2D eigenvalue weighted by atomic mass is 16.6. The van der Waals surface area contributed by atoms with Crippen molar-refractivity contribution in [3.05, 3.63) is 70.3 Å². The van der Waals surface area contributed by atoms with E-state index in [1.165, 1.54) is 0 Å². The summed E-state index contributed by atoms with van der Waals surface area (Å²) in [6.07, 6.45) is 0.296. The molecule has 1 aliphatic heterocycles. The Hall–Kier alpha value is -2.50. The third-order valence-electron chi connectivity index (χ3n) is 5.46. The molecule has 1 atom stereocenters. The van der Waals surface area contributed by atoms with Crippen LogP contribution < -0.4 is 0 Å². The largest absolute Gasteiger partial charge is 0.460 e. The maximum atomic E-state index is 13.0. The number of benzene rings is 2. The van der Waals surface area contributed by atoms with Crippen LogP contribution in [0.3, 0.4) is 0 Å². The van der Waals surface area contributed by atoms with E-state index in [0.717, 1.165) is 28.8 Å². The fourth-order valence-corrected chi connectivity index (χ4v) is 3.92. The van der Waals surface area contributed by atoms with Crippen LogP contribution in [0.2, 0.25) is 0 Å². The predicted octanol–water partition coefficient (Wildman–Crippen LogP) is 4.64. The lowest BCUT2D eigenvalue weighted by atomic mass is 9.94. The van der Waals surface area contributed by atoms with Gasteiger partial charge in [-0.25, -0.2) is 0 Å². The van der Waals surface area contributed by atoms with Crippen molar-refractivity contribution >= 4 is 11.8 Å². The third-order valence-corrected chi connectivity index (χ3v) is 5.46. The lowest BCUT2D eigenvalue weighted by molar-refractivity contribution is -0.155. The first-order chi connectivity index (χ1) is 14.6. The molecule has 1 aliphatic rings. The van der Waals surface area contributed by atoms with Crippen molar-refractivity contribution in [3.8, 4) is 0 Å². The van der Waals surface area contributed by atoms with Crippen LogP contribution in [-0.4, -0.2) is 48.5 Å². The van der Waals surface area contributed by atoms with E-state index in [-0.39, 0.29) is 17.9 Å². The summed E-state index contributed by atoms with van der Waals surface area (Å²) in [4.78, 5) is 27.2. The maximum absolute atomic E-state index is 13.0. The van der Waals surface area contributed by atoms with Crippen molar-refractivity contribution in [1.82, 2.24) is 4.90 Å². The number of esters is 1. The summed E-state index contributed by atoms with van der Waals surface area (Å²) < 4.78 is 11.4. The highest BCUT2D eigenvalue weighted by Crippen LogP contribution is 2.24. The summed E-state index contributed by atoms with van der Waals surface area (Å²) in [7, 11) is 0. The second-order valence-electron chi connectivity index (χ2n) is 9.21. The van der Waals surface area contributed by atoms with Gasteiger partial charge in [0.2, 0.25) is 0 Å². The number of carbonyl (C=O) groups excluding carboxylic acids is 2. The third kappa shape index (κ3) is 6.25. The first-order valence-corrected chi connectivity index (χ1v) is 10.9. The molecule has 31 heavy (non-hydrogen) atoms. The fourth-order valence-electron chi connectivity index (χ4n) is 3.92. The first kappa shape index (κ1) is 23.2. The lowest BCUT2D eigenvalue weighted by Gasteiger charge is -2.33. The number of hydrogen-bond donors (Lipinski definition) is 0. The molecule has 0 bridgehead atoms. The molecule has 0 aliphatic carbocycles. The second kappa shape index (κ2) is 9.75. The molecule has 1 unspecified atom stereocenters. The van der Waals surface area contributed by atoms with Crippen LogP contribution in [0.5, 0.6) is 0 Å². The quantitative estimate of drug-likeness (QED) is 0.500. The fraction of sp³-hybridized carbons (Fsp3) is 0.462. The first-order valence-electron chi connectivity index (χ1n) is 10.9. The van der Waals surface area contributed by atoms with Crippen LogP contribution in [0.4, 0.5) is 0 Å². The summed E-state index contributed by atoms with van der Waals surface area (Å²) in [5.74, 6) is -0.129. The van der Waals surface area contributed by atoms with E-state index < -0.39 is 5.60 Å². The lowest BCUT2D eigenvalue weighted by Crippen LogP contribution is -2.40. The molecule has 1 fully saturated rings. The van der Waals surface area contributed by atoms with Gasteiger partial charge in [-0.15, -0.1) is 0 Å². The van der Waals surface area contributed by atoms with E-state index in [0.29, 0.717) is 31.7 Å². The average Bonchev–Trinajstić information content (AvgIpc) is 2.71. The zero-order chi connectivity index (χ0) is 22.6. The van der Waals surface area contributed by atoms with Crippen LogP contribution in [-0.2, 0) is 14.3 Å². The monoisotopic (exact) mass is 423 g/mol. The van der Waals surface area contributed by atoms with E-state index in [1.807, 2.05) is 77.1 Å². The molecule has 5 nitrogen and oxygen atoms in total. The Morgan fingerprint density at radius 1 is 1.06 bits per heavy atom. The van der Waals surface area contributed by atoms with Gasteiger partial charge in [0, 0.05) is 30.8 Å². The minimum Gasteiger partial charge on any atom is -0.460 e. The van der Waals surface area contributed by atoms with Gasteiger partial charge in [0.15, 0.2) is 5.78 Å². The van der Waals surface area contributed by atoms with E-state index in [9.17, 15) is 9.59 Å². The van der Waals surface area contributed by atoms with Crippen LogP contribution in [0.25, 0.3) is 0 Å². The van der Waals surface area contributed by atoms with Gasteiger partial charge >= 0.3 is 5.97 Å². The highest BCUT2D eigenvalue weighted by Gasteiger charge is 2.24. The topological polar surface area (TPSA) is 55.8 Å². The second-order valence-corrected chi connectivity index (χ2v) is 9.21. The van der Waals surface area contributed by atoms with Crippen LogP contribution in [0.1, 0.15) is 65.9 Å². The molecule has 0 radical (unpaired) electrons. The van der Waals surface area contributed by atoms with Crippen molar-refractivity contribution < 1.29 is 19.1 Å². The Bertz CT molecular complexity index is 907. The Kier molecular flexibility index (Phi) is 7.29. The van der Waals surface area contributed by atoms with Crippen molar-refractivity contribution in [1.29, 1.82) is 0 Å². The normalized spacial score (nSPS) is 17.4. The van der Waals surface area contributed by atoms with Crippen molar-refractivity contribution in [2.45, 2.75) is 52.7 Å². The summed E-state index contributed by atoms with van der Waals surface area (Å²) in [5.41, 5.74) is 4.02. The molecular formula is C26H33NO4. The molecule has 1 saturated heterocycles. The van der Waals surface area contributed by atoms with Crippen molar-refractivity contribution in [3.63, 3.8) is 0 Å². The van der Waals surface area contributed by atoms with Gasteiger partial charge in [-0.1, -0.05) is 42.5 Å². The molecule has 0 aromatic heterocycles. The Labute approximate surface area is 185 Å². The predicted molar refractivity (Wildman–Crippen MR) is 121 cm³/mol. The number of aryl methyl sites for hydroxylation is 2. The standard InChI is InChI=1S/C26H33NO4/c1-18-7-6-8-19(2)24(18)25(29)21-11-9-20(10-12-21)22-17-27(15-16-30-22)14-13-23(28)31-26(3,4)5/h6-12,22H,13-17H2,1-5H3. The average molecular weight is 424 g/mol. The number of ether oxygens (including phenoxy) is 2. The van der Waals surface area contributed by atoms with Gasteiger partial charge in [-0.05, 0) is 51.3 Å². The van der Waals surface area contributed by atoms with Crippen LogP contribution >= 0.6 is 0 Å². The van der Waals surface area contributed by atoms with Gasteiger partial charge < -0.3 is 9.47 Å². The summed E-state index contributed by atoms with van der Waals surface area (Å²) in [5, 5.41) is 0. The number of nitrogens with zero attached hydrogens (tertiary/aromatic N) is 1.